The van der Waals surface area contributed by atoms with E-state index in [-0.39, 0.29) is 11.8 Å². The Bertz CT molecular complexity index is 700. The van der Waals surface area contributed by atoms with Crippen LogP contribution in [0.15, 0.2) is 59.7 Å². The number of aliphatic carboxylic acids is 1. The summed E-state index contributed by atoms with van der Waals surface area (Å²) < 4.78 is 0. The highest BCUT2D eigenvalue weighted by Gasteiger charge is 2.32. The molecule has 0 saturated heterocycles. The van der Waals surface area contributed by atoms with Gasteiger partial charge in [-0.1, -0.05) is 54.1 Å². The highest BCUT2D eigenvalue weighted by atomic mass is 35.5. The third-order valence-corrected chi connectivity index (χ3v) is 3.76. The van der Waals surface area contributed by atoms with Gasteiger partial charge in [-0.15, -0.1) is 0 Å². The average Bonchev–Trinajstić information content (AvgIpc) is 2.94. The van der Waals surface area contributed by atoms with Crippen LogP contribution in [0.4, 0.5) is 5.69 Å². The summed E-state index contributed by atoms with van der Waals surface area (Å²) in [5.74, 6) is -0.995. The second-order valence-corrected chi connectivity index (χ2v) is 5.19. The molecule has 1 atom stereocenters. The van der Waals surface area contributed by atoms with Gasteiger partial charge in [0.1, 0.15) is 5.71 Å². The van der Waals surface area contributed by atoms with E-state index in [1.54, 1.807) is 11.1 Å². The molecule has 5 heteroatoms. The van der Waals surface area contributed by atoms with Gasteiger partial charge in [0.25, 0.3) is 0 Å². The van der Waals surface area contributed by atoms with Crippen molar-refractivity contribution < 1.29 is 9.90 Å². The maximum atomic E-state index is 11.2. The van der Waals surface area contributed by atoms with Gasteiger partial charge in [0.05, 0.1) is 16.8 Å². The number of carbonyl (C=O) groups is 1. The van der Waals surface area contributed by atoms with Crippen molar-refractivity contribution in [2.75, 3.05) is 5.01 Å². The van der Waals surface area contributed by atoms with Crippen LogP contribution in [0, 0.1) is 0 Å². The van der Waals surface area contributed by atoms with Crippen molar-refractivity contribution in [3.63, 3.8) is 0 Å². The van der Waals surface area contributed by atoms with Crippen molar-refractivity contribution in [3.8, 4) is 0 Å². The number of hydrogen-bond acceptors (Lipinski definition) is 3. The smallest absolute Gasteiger partial charge is 0.352 e. The minimum Gasteiger partial charge on any atom is -0.477 e. The second-order valence-electron chi connectivity index (χ2n) is 4.78. The van der Waals surface area contributed by atoms with Gasteiger partial charge in [0.15, 0.2) is 0 Å². The second kappa shape index (κ2) is 5.58. The Hall–Kier alpha value is -2.33. The molecule has 21 heavy (non-hydrogen) atoms. The first kappa shape index (κ1) is 13.6. The normalized spacial score (nSPS) is 17.7. The van der Waals surface area contributed by atoms with E-state index >= 15 is 0 Å². The summed E-state index contributed by atoms with van der Waals surface area (Å²) in [5, 5.41) is 15.7. The van der Waals surface area contributed by atoms with E-state index in [2.05, 4.69) is 5.10 Å². The number of hydrazone groups is 1. The zero-order valence-electron chi connectivity index (χ0n) is 11.1. The Morgan fingerprint density at radius 1 is 1.14 bits per heavy atom. The fraction of sp³-hybridized carbons (Fsp3) is 0.125. The Morgan fingerprint density at radius 3 is 2.48 bits per heavy atom. The van der Waals surface area contributed by atoms with Crippen molar-refractivity contribution in [1.82, 2.24) is 0 Å². The third kappa shape index (κ3) is 2.62. The molecule has 1 unspecified atom stereocenters. The molecule has 0 fully saturated rings. The largest absolute Gasteiger partial charge is 0.477 e. The van der Waals surface area contributed by atoms with Gasteiger partial charge in [-0.05, 0) is 17.7 Å². The zero-order valence-corrected chi connectivity index (χ0v) is 11.9. The molecule has 1 N–H and O–H groups in total. The van der Waals surface area contributed by atoms with Gasteiger partial charge < -0.3 is 5.11 Å². The summed E-state index contributed by atoms with van der Waals surface area (Å²) in [5.41, 5.74) is 1.87. The number of hydrogen-bond donors (Lipinski definition) is 1. The predicted octanol–water partition coefficient (Wildman–Crippen LogP) is 3.73. The maximum Gasteiger partial charge on any atom is 0.352 e. The summed E-state index contributed by atoms with van der Waals surface area (Å²) in [7, 11) is 0. The molecule has 2 aromatic rings. The molecule has 1 aliphatic rings. The molecule has 4 nitrogen and oxygen atoms in total. The Labute approximate surface area is 127 Å². The molecule has 106 valence electrons. The van der Waals surface area contributed by atoms with Crippen LogP contribution in [0.25, 0.3) is 0 Å². The lowest BCUT2D eigenvalue weighted by molar-refractivity contribution is -0.129. The summed E-state index contributed by atoms with van der Waals surface area (Å²) in [6.45, 7) is 0. The van der Waals surface area contributed by atoms with E-state index in [1.165, 1.54) is 0 Å². The average molecular weight is 301 g/mol. The monoisotopic (exact) mass is 300 g/mol. The van der Waals surface area contributed by atoms with Gasteiger partial charge in [0, 0.05) is 6.42 Å². The lowest BCUT2D eigenvalue weighted by atomic mass is 10.0. The molecule has 0 saturated carbocycles. The molecule has 3 rings (SSSR count). The highest BCUT2D eigenvalue weighted by Crippen LogP contribution is 2.38. The molecular weight excluding hydrogens is 288 g/mol. The highest BCUT2D eigenvalue weighted by molar-refractivity contribution is 6.37. The SMILES string of the molecule is O=C(O)C1=NN(c2ccccc2Cl)C(c2ccccc2)C1. The number of benzene rings is 2. The first-order valence-electron chi connectivity index (χ1n) is 6.56. The lowest BCUT2D eigenvalue weighted by Gasteiger charge is -2.24. The number of carboxylic acids is 1. The Kier molecular flexibility index (Phi) is 3.62. The number of para-hydroxylation sites is 1. The van der Waals surface area contributed by atoms with Crippen LogP contribution in [0.5, 0.6) is 0 Å². The summed E-state index contributed by atoms with van der Waals surface area (Å²) >= 11 is 6.23. The predicted molar refractivity (Wildman–Crippen MR) is 82.8 cm³/mol. The van der Waals surface area contributed by atoms with E-state index in [0.29, 0.717) is 17.1 Å². The van der Waals surface area contributed by atoms with Crippen LogP contribution in [-0.2, 0) is 4.79 Å². The van der Waals surface area contributed by atoms with E-state index in [1.807, 2.05) is 48.5 Å². The minimum absolute atomic E-state index is 0.142. The minimum atomic E-state index is -0.995. The van der Waals surface area contributed by atoms with E-state index < -0.39 is 5.97 Å². The van der Waals surface area contributed by atoms with Gasteiger partial charge in [-0.25, -0.2) is 4.79 Å². The van der Waals surface area contributed by atoms with Crippen LogP contribution >= 0.6 is 11.6 Å². The van der Waals surface area contributed by atoms with Crippen LogP contribution in [-0.4, -0.2) is 16.8 Å². The number of nitrogens with zero attached hydrogens (tertiary/aromatic N) is 2. The molecule has 0 aliphatic carbocycles. The quantitative estimate of drug-likeness (QED) is 0.939. The standard InChI is InChI=1S/C16H13ClN2O2/c17-12-8-4-5-9-14(12)19-15(10-13(18-19)16(20)21)11-6-2-1-3-7-11/h1-9,15H,10H2,(H,20,21). The summed E-state index contributed by atoms with van der Waals surface area (Å²) in [6.07, 6.45) is 0.352. The van der Waals surface area contributed by atoms with E-state index in [9.17, 15) is 9.90 Å². The Morgan fingerprint density at radius 2 is 1.81 bits per heavy atom. The first-order chi connectivity index (χ1) is 10.2. The summed E-state index contributed by atoms with van der Waals surface area (Å²) in [4.78, 5) is 11.2. The van der Waals surface area contributed by atoms with Crippen LogP contribution in [0.1, 0.15) is 18.0 Å². The molecule has 2 aromatic carbocycles. The van der Waals surface area contributed by atoms with Crippen molar-refractivity contribution in [2.45, 2.75) is 12.5 Å². The van der Waals surface area contributed by atoms with Crippen molar-refractivity contribution in [1.29, 1.82) is 0 Å². The van der Waals surface area contributed by atoms with Crippen molar-refractivity contribution >= 4 is 29.0 Å². The third-order valence-electron chi connectivity index (χ3n) is 3.44. The van der Waals surface area contributed by atoms with Gasteiger partial charge >= 0.3 is 5.97 Å². The Balaban J connectivity index is 2.05. The first-order valence-corrected chi connectivity index (χ1v) is 6.94. The van der Waals surface area contributed by atoms with Gasteiger partial charge in [-0.3, -0.25) is 5.01 Å². The number of carboxylic acid groups (broad SMARTS) is 1. The molecule has 0 spiro atoms. The van der Waals surface area contributed by atoms with Crippen LogP contribution < -0.4 is 5.01 Å². The molecule has 1 aliphatic heterocycles. The fourth-order valence-corrected chi connectivity index (χ4v) is 2.66. The number of rotatable bonds is 3. The van der Waals surface area contributed by atoms with Crippen molar-refractivity contribution in [2.24, 2.45) is 5.10 Å². The van der Waals surface area contributed by atoms with Gasteiger partial charge in [0.2, 0.25) is 0 Å². The molecular formula is C16H13ClN2O2. The number of halogens is 1. The van der Waals surface area contributed by atoms with Crippen LogP contribution in [0.2, 0.25) is 5.02 Å². The summed E-state index contributed by atoms with van der Waals surface area (Å²) in [6, 6.07) is 16.9. The molecule has 1 heterocycles. The van der Waals surface area contributed by atoms with Crippen LogP contribution in [0.3, 0.4) is 0 Å². The maximum absolute atomic E-state index is 11.2. The number of anilines is 1. The fourth-order valence-electron chi connectivity index (χ4n) is 2.43. The molecule has 0 bridgehead atoms. The van der Waals surface area contributed by atoms with Crippen molar-refractivity contribution in [3.05, 3.63) is 65.2 Å². The molecule has 0 aromatic heterocycles. The zero-order chi connectivity index (χ0) is 14.8. The molecule has 0 radical (unpaired) electrons. The lowest BCUT2D eigenvalue weighted by Crippen LogP contribution is -2.18. The van der Waals surface area contributed by atoms with E-state index in [0.717, 1.165) is 5.56 Å². The molecule has 0 amide bonds. The van der Waals surface area contributed by atoms with Gasteiger partial charge in [-0.2, -0.15) is 5.10 Å². The topological polar surface area (TPSA) is 52.9 Å². The van der Waals surface area contributed by atoms with E-state index in [4.69, 9.17) is 11.6 Å².